The first-order valence-corrected chi connectivity index (χ1v) is 6.76. The average molecular weight is 284 g/mol. The molecule has 2 aromatic carbocycles. The highest BCUT2D eigenvalue weighted by atomic mass is 32.1. The summed E-state index contributed by atoms with van der Waals surface area (Å²) in [7, 11) is 0. The van der Waals surface area contributed by atoms with Gasteiger partial charge in [0.15, 0.2) is 0 Å². The maximum Gasteiger partial charge on any atom is 0.119 e. The molecular formula is C16H16N2OS. The van der Waals surface area contributed by atoms with Gasteiger partial charge in [0.1, 0.15) is 10.7 Å². The third-order valence-electron chi connectivity index (χ3n) is 2.71. The second-order valence-electron chi connectivity index (χ2n) is 4.17. The van der Waals surface area contributed by atoms with E-state index in [1.165, 1.54) is 0 Å². The summed E-state index contributed by atoms with van der Waals surface area (Å²) in [5.74, 6) is 0.854. The average Bonchev–Trinajstić information content (AvgIpc) is 2.47. The van der Waals surface area contributed by atoms with Gasteiger partial charge in [-0.2, -0.15) is 0 Å². The van der Waals surface area contributed by atoms with Gasteiger partial charge in [-0.3, -0.25) is 4.99 Å². The minimum Gasteiger partial charge on any atom is -0.494 e. The lowest BCUT2D eigenvalue weighted by atomic mass is 10.1. The fourth-order valence-electron chi connectivity index (χ4n) is 1.68. The predicted octanol–water partition coefficient (Wildman–Crippen LogP) is 3.47. The summed E-state index contributed by atoms with van der Waals surface area (Å²) in [6.07, 6.45) is 1.80. The smallest absolute Gasteiger partial charge is 0.119 e. The van der Waals surface area contributed by atoms with Gasteiger partial charge in [-0.1, -0.05) is 36.5 Å². The zero-order valence-corrected chi connectivity index (χ0v) is 12.1. The van der Waals surface area contributed by atoms with Crippen LogP contribution in [0.15, 0.2) is 53.5 Å². The number of nitrogens with zero attached hydrogens (tertiary/aromatic N) is 1. The second-order valence-corrected chi connectivity index (χ2v) is 4.61. The van der Waals surface area contributed by atoms with Crippen LogP contribution in [0, 0.1) is 0 Å². The van der Waals surface area contributed by atoms with Crippen LogP contribution in [0.4, 0.5) is 5.69 Å². The van der Waals surface area contributed by atoms with E-state index in [0.717, 1.165) is 22.6 Å². The van der Waals surface area contributed by atoms with Crippen LogP contribution in [0.2, 0.25) is 0 Å². The third kappa shape index (κ3) is 3.90. The minimum atomic E-state index is 0.403. The van der Waals surface area contributed by atoms with Gasteiger partial charge in [0.05, 0.1) is 12.3 Å². The quantitative estimate of drug-likeness (QED) is 0.675. The summed E-state index contributed by atoms with van der Waals surface area (Å²) < 4.78 is 5.38. The summed E-state index contributed by atoms with van der Waals surface area (Å²) in [4.78, 5) is 4.81. The van der Waals surface area contributed by atoms with Crippen LogP contribution in [0.25, 0.3) is 0 Å². The Kier molecular flexibility index (Phi) is 4.85. The fraction of sp³-hybridized carbons (Fsp3) is 0.125. The fourth-order valence-corrected chi connectivity index (χ4v) is 1.81. The molecule has 0 atom stereocenters. The van der Waals surface area contributed by atoms with Gasteiger partial charge in [-0.05, 0) is 36.8 Å². The van der Waals surface area contributed by atoms with E-state index in [1.54, 1.807) is 6.21 Å². The maximum absolute atomic E-state index is 5.55. The van der Waals surface area contributed by atoms with Crippen molar-refractivity contribution in [3.63, 3.8) is 0 Å². The predicted molar refractivity (Wildman–Crippen MR) is 87.2 cm³/mol. The Morgan fingerprint density at radius 1 is 1.15 bits per heavy atom. The van der Waals surface area contributed by atoms with Gasteiger partial charge < -0.3 is 10.5 Å². The lowest BCUT2D eigenvalue weighted by Crippen LogP contribution is -2.08. The van der Waals surface area contributed by atoms with Crippen molar-refractivity contribution < 1.29 is 4.74 Å². The number of ether oxygens (including phenoxy) is 1. The van der Waals surface area contributed by atoms with Crippen LogP contribution in [0.5, 0.6) is 5.75 Å². The van der Waals surface area contributed by atoms with Gasteiger partial charge in [-0.15, -0.1) is 0 Å². The van der Waals surface area contributed by atoms with E-state index in [4.69, 9.17) is 22.7 Å². The highest BCUT2D eigenvalue weighted by Crippen LogP contribution is 2.18. The molecule has 2 rings (SSSR count). The van der Waals surface area contributed by atoms with E-state index in [-0.39, 0.29) is 0 Å². The molecule has 102 valence electrons. The molecule has 0 spiro atoms. The molecule has 0 heterocycles. The minimum absolute atomic E-state index is 0.403. The van der Waals surface area contributed by atoms with E-state index in [1.807, 2.05) is 55.5 Å². The molecule has 2 aromatic rings. The van der Waals surface area contributed by atoms with Crippen LogP contribution in [-0.4, -0.2) is 17.8 Å². The SMILES string of the molecule is CCOc1ccc(N=Cc2ccc(C(N)=S)cc2)cc1. The molecule has 3 nitrogen and oxygen atoms in total. The zero-order valence-electron chi connectivity index (χ0n) is 11.2. The molecule has 0 bridgehead atoms. The van der Waals surface area contributed by atoms with Crippen molar-refractivity contribution in [2.24, 2.45) is 10.7 Å². The molecule has 0 aliphatic heterocycles. The Balaban J connectivity index is 2.06. The maximum atomic E-state index is 5.55. The van der Waals surface area contributed by atoms with E-state index < -0.39 is 0 Å². The van der Waals surface area contributed by atoms with Crippen LogP contribution in [0.3, 0.4) is 0 Å². The number of aliphatic imine (C=N–C) groups is 1. The summed E-state index contributed by atoms with van der Waals surface area (Å²) >= 11 is 4.91. The number of hydrogen-bond donors (Lipinski definition) is 1. The molecule has 0 aliphatic carbocycles. The Morgan fingerprint density at radius 2 is 1.80 bits per heavy atom. The molecule has 0 saturated heterocycles. The Hall–Kier alpha value is -2.20. The Bertz CT molecular complexity index is 603. The van der Waals surface area contributed by atoms with E-state index in [9.17, 15) is 0 Å². The molecule has 0 fully saturated rings. The second kappa shape index (κ2) is 6.82. The van der Waals surface area contributed by atoms with Crippen LogP contribution in [-0.2, 0) is 0 Å². The van der Waals surface area contributed by atoms with E-state index >= 15 is 0 Å². The Morgan fingerprint density at radius 3 is 2.35 bits per heavy atom. The summed E-state index contributed by atoms with van der Waals surface area (Å²) in [6.45, 7) is 2.63. The van der Waals surface area contributed by atoms with Crippen LogP contribution >= 0.6 is 12.2 Å². The van der Waals surface area contributed by atoms with Gasteiger partial charge in [-0.25, -0.2) is 0 Å². The monoisotopic (exact) mass is 284 g/mol. The third-order valence-corrected chi connectivity index (χ3v) is 2.94. The van der Waals surface area contributed by atoms with Crippen molar-refractivity contribution in [1.82, 2.24) is 0 Å². The van der Waals surface area contributed by atoms with Crippen molar-refractivity contribution in [2.45, 2.75) is 6.92 Å². The summed E-state index contributed by atoms with van der Waals surface area (Å²) in [5.41, 5.74) is 8.29. The van der Waals surface area contributed by atoms with Gasteiger partial charge in [0.25, 0.3) is 0 Å². The molecule has 0 saturated carbocycles. The highest BCUT2D eigenvalue weighted by Gasteiger charge is 1.96. The molecule has 2 N–H and O–H groups in total. The molecule has 0 amide bonds. The van der Waals surface area contributed by atoms with Crippen molar-refractivity contribution in [3.05, 3.63) is 59.7 Å². The summed E-state index contributed by atoms with van der Waals surface area (Å²) in [5, 5.41) is 0. The van der Waals surface area contributed by atoms with Crippen molar-refractivity contribution in [1.29, 1.82) is 0 Å². The lowest BCUT2D eigenvalue weighted by Gasteiger charge is -2.02. The zero-order chi connectivity index (χ0) is 14.4. The number of benzene rings is 2. The molecule has 0 aliphatic rings. The largest absolute Gasteiger partial charge is 0.494 e. The van der Waals surface area contributed by atoms with Crippen molar-refractivity contribution in [3.8, 4) is 5.75 Å². The topological polar surface area (TPSA) is 47.6 Å². The van der Waals surface area contributed by atoms with E-state index in [0.29, 0.717) is 11.6 Å². The molecule has 0 radical (unpaired) electrons. The first-order chi connectivity index (χ1) is 9.69. The van der Waals surface area contributed by atoms with E-state index in [2.05, 4.69) is 4.99 Å². The number of thiocarbonyl (C=S) groups is 1. The molecule has 4 heteroatoms. The molecule has 20 heavy (non-hydrogen) atoms. The highest BCUT2D eigenvalue weighted by molar-refractivity contribution is 7.80. The van der Waals surface area contributed by atoms with Crippen molar-refractivity contribution >= 4 is 29.1 Å². The number of nitrogens with two attached hydrogens (primary N) is 1. The number of rotatable bonds is 5. The van der Waals surface area contributed by atoms with Gasteiger partial charge in [0, 0.05) is 11.8 Å². The number of hydrogen-bond acceptors (Lipinski definition) is 3. The molecule has 0 aromatic heterocycles. The van der Waals surface area contributed by atoms with Crippen LogP contribution in [0.1, 0.15) is 18.1 Å². The lowest BCUT2D eigenvalue weighted by molar-refractivity contribution is 0.340. The van der Waals surface area contributed by atoms with Crippen LogP contribution < -0.4 is 10.5 Å². The Labute approximate surface area is 124 Å². The standard InChI is InChI=1S/C16H16N2OS/c1-2-19-15-9-7-14(8-10-15)18-11-12-3-5-13(6-4-12)16(17)20/h3-11H,2H2,1H3,(H2,17,20). The summed E-state index contributed by atoms with van der Waals surface area (Å²) in [6, 6.07) is 15.3. The first-order valence-electron chi connectivity index (χ1n) is 6.36. The molecule has 0 unspecified atom stereocenters. The van der Waals surface area contributed by atoms with Gasteiger partial charge in [0.2, 0.25) is 0 Å². The normalized spacial score (nSPS) is 10.7. The van der Waals surface area contributed by atoms with Crippen molar-refractivity contribution in [2.75, 3.05) is 6.61 Å². The molecular weight excluding hydrogens is 268 g/mol. The first kappa shape index (κ1) is 14.2. The van der Waals surface area contributed by atoms with Gasteiger partial charge >= 0.3 is 0 Å².